The van der Waals surface area contributed by atoms with E-state index < -0.39 is 18.6 Å². The molecule has 8 aromatic carbocycles. The fourth-order valence-corrected chi connectivity index (χ4v) is 8.40. The molecule has 0 unspecified atom stereocenters. The average Bonchev–Trinajstić information content (AvgIpc) is 3.67. The SMILES string of the molecule is [2H]C([2H])([2H])c1ccc2c(c1)c1ccc(Oc3cccc(Br)c3)cc1n2-c1cc(C([2H])([2H])[2H])c(-c2ccc(Oc3ccccc3-c3cccc(-c4ccccc4)c3Nc3ccccc3[N+](=O)[O-])cc2)cn1. The number of ether oxygens (including phenoxy) is 2. The van der Waals surface area contributed by atoms with Gasteiger partial charge in [0.05, 0.1) is 21.6 Å². The highest BCUT2D eigenvalue weighted by Crippen LogP contribution is 2.44. The molecule has 8 nitrogen and oxygen atoms in total. The topological polar surface area (TPSA) is 91.5 Å². The first-order valence-electron chi connectivity index (χ1n) is 23.3. The minimum Gasteiger partial charge on any atom is -0.457 e. The summed E-state index contributed by atoms with van der Waals surface area (Å²) >= 11 is 3.49. The maximum Gasteiger partial charge on any atom is 0.292 e. The van der Waals surface area contributed by atoms with Crippen LogP contribution in [0.2, 0.25) is 0 Å². The van der Waals surface area contributed by atoms with E-state index in [1.165, 1.54) is 6.07 Å². The highest BCUT2D eigenvalue weighted by atomic mass is 79.9. The smallest absolute Gasteiger partial charge is 0.292 e. The lowest BCUT2D eigenvalue weighted by Crippen LogP contribution is -2.01. The number of nitro benzene ring substituents is 1. The Labute approximate surface area is 386 Å². The minimum absolute atomic E-state index is 0.0594. The number of halogens is 1. The number of nitrogens with one attached hydrogen (secondary N) is 1. The van der Waals surface area contributed by atoms with E-state index in [2.05, 4.69) is 21.2 Å². The Bertz CT molecular complexity index is 3620. The molecule has 0 aliphatic heterocycles. The molecule has 9 heteroatoms. The number of para-hydroxylation sites is 4. The number of anilines is 2. The number of benzene rings is 8. The van der Waals surface area contributed by atoms with Crippen LogP contribution in [0.3, 0.4) is 0 Å². The van der Waals surface area contributed by atoms with Gasteiger partial charge in [-0.1, -0.05) is 125 Å². The molecule has 2 aromatic heterocycles. The van der Waals surface area contributed by atoms with Gasteiger partial charge in [0.1, 0.15) is 34.5 Å². The number of aromatic nitrogens is 2. The molecule has 0 radical (unpaired) electrons. The van der Waals surface area contributed by atoms with Gasteiger partial charge in [0, 0.05) is 64.1 Å². The van der Waals surface area contributed by atoms with Crippen molar-refractivity contribution >= 4 is 54.8 Å². The normalized spacial score (nSPS) is 13.0. The number of nitrogens with zero attached hydrogens (tertiary/aromatic N) is 3. The number of fused-ring (bicyclic) bond motifs is 3. The summed E-state index contributed by atoms with van der Waals surface area (Å²) < 4.78 is 66.0. The van der Waals surface area contributed by atoms with E-state index in [4.69, 9.17) is 22.7 Å². The van der Waals surface area contributed by atoms with E-state index in [9.17, 15) is 10.1 Å². The van der Waals surface area contributed by atoms with Gasteiger partial charge >= 0.3 is 0 Å². The van der Waals surface area contributed by atoms with Crippen molar-refractivity contribution in [1.29, 1.82) is 0 Å². The van der Waals surface area contributed by atoms with Crippen molar-refractivity contribution in [2.75, 3.05) is 5.32 Å². The number of nitro groups is 1. The summed E-state index contributed by atoms with van der Waals surface area (Å²) in [6.07, 6.45) is 1.55. The fourth-order valence-electron chi connectivity index (χ4n) is 8.02. The first-order chi connectivity index (χ1) is 33.7. The Kier molecular flexibility index (Phi) is 8.94. The molecule has 0 atom stereocenters. The zero-order chi connectivity index (χ0) is 48.7. The molecule has 64 heavy (non-hydrogen) atoms. The number of rotatable bonds is 11. The van der Waals surface area contributed by atoms with Gasteiger partial charge in [-0.3, -0.25) is 14.7 Å². The van der Waals surface area contributed by atoms with Crippen LogP contribution in [0.1, 0.15) is 19.4 Å². The van der Waals surface area contributed by atoms with Crippen molar-refractivity contribution in [1.82, 2.24) is 9.55 Å². The van der Waals surface area contributed by atoms with Gasteiger partial charge in [-0.05, 0) is 103 Å². The van der Waals surface area contributed by atoms with Crippen LogP contribution in [0.5, 0.6) is 23.0 Å². The molecule has 2 heterocycles. The third-order valence-corrected chi connectivity index (χ3v) is 11.5. The Morgan fingerprint density at radius 3 is 2.17 bits per heavy atom. The van der Waals surface area contributed by atoms with Crippen LogP contribution in [0.4, 0.5) is 17.1 Å². The molecule has 310 valence electrons. The lowest BCUT2D eigenvalue weighted by molar-refractivity contribution is -0.383. The average molecular weight is 906 g/mol. The lowest BCUT2D eigenvalue weighted by atomic mass is 9.95. The van der Waals surface area contributed by atoms with Gasteiger partial charge in [-0.15, -0.1) is 0 Å². The predicted molar refractivity (Wildman–Crippen MR) is 261 cm³/mol. The zero-order valence-corrected chi connectivity index (χ0v) is 35.4. The van der Waals surface area contributed by atoms with Gasteiger partial charge < -0.3 is 14.8 Å². The highest BCUT2D eigenvalue weighted by molar-refractivity contribution is 9.10. The van der Waals surface area contributed by atoms with Gasteiger partial charge in [0.2, 0.25) is 0 Å². The third-order valence-electron chi connectivity index (χ3n) is 11.0. The maximum atomic E-state index is 12.1. The summed E-state index contributed by atoms with van der Waals surface area (Å²) in [5.74, 6) is 2.43. The van der Waals surface area contributed by atoms with Gasteiger partial charge in [0.15, 0.2) is 0 Å². The number of aryl methyl sites for hydroxylation is 2. The van der Waals surface area contributed by atoms with Crippen LogP contribution in [0.15, 0.2) is 199 Å². The molecule has 0 fully saturated rings. The third kappa shape index (κ3) is 7.85. The number of hydrogen-bond acceptors (Lipinski definition) is 6. The fraction of sp³-hybridized carbons (Fsp3) is 0.0364. The number of hydrogen-bond donors (Lipinski definition) is 1. The van der Waals surface area contributed by atoms with Crippen LogP contribution in [0, 0.1) is 23.8 Å². The molecule has 0 aliphatic rings. The molecule has 10 rings (SSSR count). The molecular formula is C55H39BrN4O4. The second-order valence-corrected chi connectivity index (χ2v) is 15.9. The quantitative estimate of drug-likeness (QED) is 0.103. The van der Waals surface area contributed by atoms with Crippen molar-refractivity contribution in [2.24, 2.45) is 0 Å². The summed E-state index contributed by atoms with van der Waals surface area (Å²) in [6.45, 7) is -4.92. The molecule has 0 aliphatic carbocycles. The van der Waals surface area contributed by atoms with Crippen LogP contribution < -0.4 is 14.8 Å². The van der Waals surface area contributed by atoms with E-state index >= 15 is 0 Å². The molecule has 0 saturated heterocycles. The summed E-state index contributed by atoms with van der Waals surface area (Å²) in [6, 6.07) is 56.1. The van der Waals surface area contributed by atoms with Gasteiger partial charge in [-0.25, -0.2) is 4.98 Å². The first kappa shape index (κ1) is 33.6. The van der Waals surface area contributed by atoms with Crippen LogP contribution in [0.25, 0.3) is 61.0 Å². The second kappa shape index (κ2) is 17.0. The highest BCUT2D eigenvalue weighted by Gasteiger charge is 2.21. The molecule has 0 spiro atoms. The lowest BCUT2D eigenvalue weighted by Gasteiger charge is -2.19. The van der Waals surface area contributed by atoms with E-state index in [0.29, 0.717) is 67.7 Å². The van der Waals surface area contributed by atoms with Crippen molar-refractivity contribution < 1.29 is 22.6 Å². The van der Waals surface area contributed by atoms with Crippen molar-refractivity contribution in [3.63, 3.8) is 0 Å². The Balaban J connectivity index is 1.02. The van der Waals surface area contributed by atoms with E-state index in [1.54, 1.807) is 72.9 Å². The van der Waals surface area contributed by atoms with E-state index in [-0.39, 0.29) is 16.8 Å². The van der Waals surface area contributed by atoms with E-state index in [0.717, 1.165) is 32.1 Å². The van der Waals surface area contributed by atoms with Crippen molar-refractivity contribution in [2.45, 2.75) is 13.7 Å². The van der Waals surface area contributed by atoms with E-state index in [1.807, 2.05) is 120 Å². The summed E-state index contributed by atoms with van der Waals surface area (Å²) in [5.41, 5.74) is 6.62. The summed E-state index contributed by atoms with van der Waals surface area (Å²) in [5, 5.41) is 16.9. The molecule has 0 saturated carbocycles. The van der Waals surface area contributed by atoms with Crippen LogP contribution in [-0.2, 0) is 0 Å². The standard InChI is InChI=1S/C55H39BrN4O4/c1-35-22-29-50-47(30-35)44-28-27-42(63-41-15-10-14-39(56)32-41)33-52(44)59(50)54-31-36(2)48(34-57-54)38-23-25-40(26-24-38)64-53-21-9-6-16-45(53)46-18-11-17-43(37-12-4-3-5-13-37)55(46)58-49-19-7-8-20-51(49)60(61)62/h3-34,58H,1-2H3/i1D3,2D3. The summed E-state index contributed by atoms with van der Waals surface area (Å²) in [7, 11) is 0. The zero-order valence-electron chi connectivity index (χ0n) is 39.8. The minimum atomic E-state index is -2.57. The molecule has 0 amide bonds. The molecule has 0 bridgehead atoms. The Morgan fingerprint density at radius 1 is 0.609 bits per heavy atom. The maximum absolute atomic E-state index is 12.1. The van der Waals surface area contributed by atoms with Crippen LogP contribution >= 0.6 is 15.9 Å². The largest absolute Gasteiger partial charge is 0.457 e. The molecule has 1 N–H and O–H groups in total. The van der Waals surface area contributed by atoms with Crippen molar-refractivity contribution in [3.8, 4) is 62.2 Å². The van der Waals surface area contributed by atoms with Crippen LogP contribution in [-0.4, -0.2) is 14.5 Å². The summed E-state index contributed by atoms with van der Waals surface area (Å²) in [4.78, 5) is 16.6. The predicted octanol–water partition coefficient (Wildman–Crippen LogP) is 15.8. The van der Waals surface area contributed by atoms with Gasteiger partial charge in [0.25, 0.3) is 5.69 Å². The molecule has 10 aromatic rings. The Hall–Kier alpha value is -8.01. The monoisotopic (exact) mass is 904 g/mol. The first-order valence-corrected chi connectivity index (χ1v) is 21.1. The Morgan fingerprint density at radius 2 is 1.34 bits per heavy atom. The molecular weight excluding hydrogens is 861 g/mol. The van der Waals surface area contributed by atoms with Crippen molar-refractivity contribution in [3.05, 3.63) is 220 Å². The second-order valence-electron chi connectivity index (χ2n) is 15.0. The number of pyridine rings is 1. The van der Waals surface area contributed by atoms with Gasteiger partial charge in [-0.2, -0.15) is 0 Å².